The predicted molar refractivity (Wildman–Crippen MR) is 62.0 cm³/mol. The van der Waals surface area contributed by atoms with E-state index in [1.165, 1.54) is 12.1 Å². The van der Waals surface area contributed by atoms with Gasteiger partial charge < -0.3 is 10.4 Å². The summed E-state index contributed by atoms with van der Waals surface area (Å²) in [7, 11) is 0. The number of hydrogen-bond acceptors (Lipinski definition) is 2. The van der Waals surface area contributed by atoms with Gasteiger partial charge in [0.25, 0.3) is 0 Å². The number of halogens is 6. The van der Waals surface area contributed by atoms with Crippen LogP contribution in [0.15, 0.2) is 12.1 Å². The van der Waals surface area contributed by atoms with Crippen LogP contribution >= 0.6 is 34.8 Å². The van der Waals surface area contributed by atoms with Gasteiger partial charge in [0.15, 0.2) is 6.10 Å². The summed E-state index contributed by atoms with van der Waals surface area (Å²) in [5, 5.41) is 11.6. The molecule has 17 heavy (non-hydrogen) atoms. The third-order valence-corrected chi connectivity index (χ3v) is 2.91. The first-order valence-corrected chi connectivity index (χ1v) is 5.48. The predicted octanol–water partition coefficient (Wildman–Crippen LogP) is 3.98. The van der Waals surface area contributed by atoms with Crippen molar-refractivity contribution >= 4 is 40.5 Å². The Morgan fingerprint density at radius 1 is 1.12 bits per heavy atom. The molecule has 0 aliphatic carbocycles. The summed E-state index contributed by atoms with van der Waals surface area (Å²) in [4.78, 5) is 0. The number of aliphatic hydroxyl groups excluding tert-OH is 1. The molecule has 0 spiro atoms. The zero-order valence-electron chi connectivity index (χ0n) is 8.15. The number of hydrogen-bond donors (Lipinski definition) is 2. The highest BCUT2D eigenvalue weighted by atomic mass is 35.5. The highest BCUT2D eigenvalue weighted by Gasteiger charge is 2.37. The second-order valence-corrected chi connectivity index (χ2v) is 4.41. The Morgan fingerprint density at radius 2 is 1.65 bits per heavy atom. The lowest BCUT2D eigenvalue weighted by Gasteiger charge is -2.16. The second-order valence-electron chi connectivity index (χ2n) is 3.18. The van der Waals surface area contributed by atoms with Crippen molar-refractivity contribution in [2.45, 2.75) is 12.3 Å². The molecule has 0 aromatic heterocycles. The smallest absolute Gasteiger partial charge is 0.382 e. The summed E-state index contributed by atoms with van der Waals surface area (Å²) in [5.74, 6) is 0. The Hall–Kier alpha value is -0.360. The van der Waals surface area contributed by atoms with Gasteiger partial charge in [-0.3, -0.25) is 0 Å². The average molecular weight is 309 g/mol. The lowest BCUT2D eigenvalue weighted by atomic mass is 10.3. The van der Waals surface area contributed by atoms with E-state index in [1.54, 1.807) is 0 Å². The first-order chi connectivity index (χ1) is 7.71. The molecule has 0 saturated heterocycles. The first kappa shape index (κ1) is 14.7. The number of aliphatic hydroxyl groups is 1. The zero-order valence-corrected chi connectivity index (χ0v) is 10.4. The molecule has 0 heterocycles. The van der Waals surface area contributed by atoms with E-state index in [2.05, 4.69) is 5.32 Å². The van der Waals surface area contributed by atoms with Crippen molar-refractivity contribution in [3.63, 3.8) is 0 Å². The van der Waals surface area contributed by atoms with E-state index in [0.29, 0.717) is 0 Å². The van der Waals surface area contributed by atoms with Gasteiger partial charge in [-0.25, -0.2) is 0 Å². The molecule has 0 amide bonds. The van der Waals surface area contributed by atoms with E-state index in [9.17, 15) is 13.2 Å². The molecule has 0 aliphatic rings. The SMILES string of the molecule is OC(CNc1cc(Cl)c(Cl)cc1Cl)C(F)(F)F. The molecule has 0 radical (unpaired) electrons. The summed E-state index contributed by atoms with van der Waals surface area (Å²) in [6.07, 6.45) is -7.16. The van der Waals surface area contributed by atoms with Crippen molar-refractivity contribution in [1.82, 2.24) is 0 Å². The molecule has 0 bridgehead atoms. The summed E-state index contributed by atoms with van der Waals surface area (Å²) in [6, 6.07) is 2.59. The van der Waals surface area contributed by atoms with E-state index < -0.39 is 18.8 Å². The Bertz CT molecular complexity index is 411. The van der Waals surface area contributed by atoms with E-state index in [-0.39, 0.29) is 20.8 Å². The highest BCUT2D eigenvalue weighted by Crippen LogP contribution is 2.32. The fourth-order valence-corrected chi connectivity index (χ4v) is 1.59. The fourth-order valence-electron chi connectivity index (χ4n) is 0.980. The maximum absolute atomic E-state index is 12.0. The Labute approximate surface area is 110 Å². The van der Waals surface area contributed by atoms with E-state index in [4.69, 9.17) is 39.9 Å². The van der Waals surface area contributed by atoms with Gasteiger partial charge in [-0.2, -0.15) is 13.2 Å². The zero-order chi connectivity index (χ0) is 13.2. The van der Waals surface area contributed by atoms with Gasteiger partial charge in [-0.1, -0.05) is 34.8 Å². The summed E-state index contributed by atoms with van der Waals surface area (Å²) in [5.41, 5.74) is 0.171. The molecule has 1 aromatic carbocycles. The lowest BCUT2D eigenvalue weighted by molar-refractivity contribution is -0.198. The van der Waals surface area contributed by atoms with E-state index in [1.807, 2.05) is 0 Å². The van der Waals surface area contributed by atoms with Crippen molar-refractivity contribution in [2.24, 2.45) is 0 Å². The van der Waals surface area contributed by atoms with E-state index in [0.717, 1.165) is 0 Å². The van der Waals surface area contributed by atoms with Crippen molar-refractivity contribution in [2.75, 3.05) is 11.9 Å². The molecule has 96 valence electrons. The molecule has 0 fully saturated rings. The van der Waals surface area contributed by atoms with Crippen LogP contribution in [0.3, 0.4) is 0 Å². The molecule has 0 saturated carbocycles. The van der Waals surface area contributed by atoms with Crippen LogP contribution in [0.4, 0.5) is 18.9 Å². The summed E-state index contributed by atoms with van der Waals surface area (Å²) >= 11 is 17.1. The molecule has 2 N–H and O–H groups in total. The Kier molecular flexibility index (Phi) is 4.77. The number of alkyl halides is 3. The molecule has 1 aromatic rings. The van der Waals surface area contributed by atoms with Gasteiger partial charge in [0.2, 0.25) is 0 Å². The summed E-state index contributed by atoms with van der Waals surface area (Å²) < 4.78 is 36.1. The standard InChI is InChI=1S/C9H7Cl3F3NO/c10-4-1-6(12)7(2-5(4)11)16-3-8(17)9(13,14)15/h1-2,8,16-17H,3H2. The van der Waals surface area contributed by atoms with Crippen molar-refractivity contribution < 1.29 is 18.3 Å². The normalized spacial score (nSPS) is 13.6. The second kappa shape index (κ2) is 5.52. The maximum Gasteiger partial charge on any atom is 0.416 e. The Balaban J connectivity index is 2.73. The minimum Gasteiger partial charge on any atom is -0.382 e. The van der Waals surface area contributed by atoms with Gasteiger partial charge in [0.1, 0.15) is 0 Å². The lowest BCUT2D eigenvalue weighted by Crippen LogP contribution is -2.35. The molecule has 1 atom stereocenters. The average Bonchev–Trinajstić information content (AvgIpc) is 2.19. The van der Waals surface area contributed by atoms with E-state index >= 15 is 0 Å². The molecule has 0 aliphatic heterocycles. The van der Waals surface area contributed by atoms with Gasteiger partial charge in [0.05, 0.1) is 20.8 Å². The number of rotatable bonds is 3. The van der Waals surface area contributed by atoms with Crippen molar-refractivity contribution in [3.05, 3.63) is 27.2 Å². The van der Waals surface area contributed by atoms with Crippen LogP contribution in [-0.2, 0) is 0 Å². The fraction of sp³-hybridized carbons (Fsp3) is 0.333. The van der Waals surface area contributed by atoms with Gasteiger partial charge in [-0.05, 0) is 12.1 Å². The summed E-state index contributed by atoms with van der Waals surface area (Å²) in [6.45, 7) is -0.721. The number of benzene rings is 1. The van der Waals surface area contributed by atoms with Gasteiger partial charge >= 0.3 is 6.18 Å². The molecule has 2 nitrogen and oxygen atoms in total. The maximum atomic E-state index is 12.0. The number of anilines is 1. The monoisotopic (exact) mass is 307 g/mol. The number of nitrogens with one attached hydrogen (secondary N) is 1. The molecular formula is C9H7Cl3F3NO. The van der Waals surface area contributed by atoms with Gasteiger partial charge in [-0.15, -0.1) is 0 Å². The molecule has 1 unspecified atom stereocenters. The quantitative estimate of drug-likeness (QED) is 0.828. The minimum atomic E-state index is -4.68. The van der Waals surface area contributed by atoms with Crippen molar-refractivity contribution in [1.29, 1.82) is 0 Å². The van der Waals surface area contributed by atoms with Crippen LogP contribution in [0, 0.1) is 0 Å². The molecular weight excluding hydrogens is 301 g/mol. The Morgan fingerprint density at radius 3 is 2.18 bits per heavy atom. The largest absolute Gasteiger partial charge is 0.416 e. The van der Waals surface area contributed by atoms with Crippen LogP contribution in [0.25, 0.3) is 0 Å². The molecule has 1 rings (SSSR count). The van der Waals surface area contributed by atoms with Crippen molar-refractivity contribution in [3.8, 4) is 0 Å². The first-order valence-electron chi connectivity index (χ1n) is 4.35. The third kappa shape index (κ3) is 4.10. The van der Waals surface area contributed by atoms with Crippen LogP contribution in [-0.4, -0.2) is 23.9 Å². The van der Waals surface area contributed by atoms with Crippen LogP contribution in [0.2, 0.25) is 15.1 Å². The van der Waals surface area contributed by atoms with Crippen LogP contribution in [0.5, 0.6) is 0 Å². The van der Waals surface area contributed by atoms with Gasteiger partial charge in [0, 0.05) is 6.54 Å². The van der Waals surface area contributed by atoms with Crippen LogP contribution < -0.4 is 5.32 Å². The molecule has 8 heteroatoms. The third-order valence-electron chi connectivity index (χ3n) is 1.87. The topological polar surface area (TPSA) is 32.3 Å². The van der Waals surface area contributed by atoms with Crippen LogP contribution in [0.1, 0.15) is 0 Å². The highest BCUT2D eigenvalue weighted by molar-refractivity contribution is 6.44. The minimum absolute atomic E-state index is 0.119.